The van der Waals surface area contributed by atoms with Crippen LogP contribution < -0.4 is 4.80 Å². The number of halogens is 2. The van der Waals surface area contributed by atoms with Crippen LogP contribution in [0.15, 0.2) is 47.5 Å². The van der Waals surface area contributed by atoms with Gasteiger partial charge in [-0.15, -0.1) is 0 Å². The smallest absolute Gasteiger partial charge is 0.280 e. The van der Waals surface area contributed by atoms with Crippen molar-refractivity contribution in [1.29, 1.82) is 0 Å². The topological polar surface area (TPSA) is 34.4 Å². The maximum atomic E-state index is 13.8. The molecule has 6 heteroatoms. The fourth-order valence-electron chi connectivity index (χ4n) is 2.05. The summed E-state index contributed by atoms with van der Waals surface area (Å²) in [5.41, 5.74) is 1.02. The molecule has 3 nitrogen and oxygen atoms in total. The van der Waals surface area contributed by atoms with Gasteiger partial charge in [0, 0.05) is 10.6 Å². The number of amides is 1. The Labute approximate surface area is 137 Å². The Hall–Kier alpha value is -1.54. The molecule has 21 heavy (non-hydrogen) atoms. The van der Waals surface area contributed by atoms with Crippen LogP contribution >= 0.6 is 33.9 Å². The first-order chi connectivity index (χ1) is 10.1. The van der Waals surface area contributed by atoms with Crippen LogP contribution in [0.1, 0.15) is 10.4 Å². The lowest BCUT2D eigenvalue weighted by atomic mass is 10.2. The second-order valence-electron chi connectivity index (χ2n) is 4.43. The molecular weight excluding hydrogens is 402 g/mol. The van der Waals surface area contributed by atoms with Gasteiger partial charge in [-0.1, -0.05) is 29.5 Å². The van der Waals surface area contributed by atoms with Gasteiger partial charge < -0.3 is 4.57 Å². The standard InChI is InChI=1S/C15H10FIN2OS/c1-19-13-10(16)6-4-8-12(13)21-15(19)18-14(20)9-5-2-3-7-11(9)17/h2-8H,1H3. The van der Waals surface area contributed by atoms with Gasteiger partial charge >= 0.3 is 0 Å². The van der Waals surface area contributed by atoms with E-state index in [1.807, 2.05) is 18.2 Å². The van der Waals surface area contributed by atoms with E-state index in [4.69, 9.17) is 0 Å². The maximum Gasteiger partial charge on any atom is 0.280 e. The molecule has 0 fully saturated rings. The van der Waals surface area contributed by atoms with Gasteiger partial charge in [-0.05, 0) is 46.9 Å². The minimum Gasteiger partial charge on any atom is -0.317 e. The van der Waals surface area contributed by atoms with Crippen molar-refractivity contribution in [2.24, 2.45) is 12.0 Å². The van der Waals surface area contributed by atoms with Gasteiger partial charge in [-0.2, -0.15) is 4.99 Å². The number of fused-ring (bicyclic) bond motifs is 1. The lowest BCUT2D eigenvalue weighted by Crippen LogP contribution is -2.14. The third-order valence-corrected chi connectivity index (χ3v) is 5.11. The van der Waals surface area contributed by atoms with E-state index in [0.717, 1.165) is 8.27 Å². The number of benzene rings is 2. The molecule has 0 saturated heterocycles. The number of nitrogens with zero attached hydrogens (tertiary/aromatic N) is 2. The summed E-state index contributed by atoms with van der Waals surface area (Å²) in [6.45, 7) is 0. The molecule has 0 N–H and O–H groups in total. The van der Waals surface area contributed by atoms with Crippen molar-refractivity contribution in [3.05, 3.63) is 62.2 Å². The number of aryl methyl sites for hydroxylation is 1. The second-order valence-corrected chi connectivity index (χ2v) is 6.60. The monoisotopic (exact) mass is 412 g/mol. The lowest BCUT2D eigenvalue weighted by molar-refractivity contribution is 0.0997. The molecule has 0 aliphatic carbocycles. The van der Waals surface area contributed by atoms with Crippen molar-refractivity contribution in [2.75, 3.05) is 0 Å². The van der Waals surface area contributed by atoms with Gasteiger partial charge in [0.2, 0.25) is 0 Å². The molecule has 0 bridgehead atoms. The molecule has 0 unspecified atom stereocenters. The van der Waals surface area contributed by atoms with Crippen LogP contribution in [0.4, 0.5) is 4.39 Å². The molecule has 1 heterocycles. The summed E-state index contributed by atoms with van der Waals surface area (Å²) < 4.78 is 17.1. The van der Waals surface area contributed by atoms with Crippen LogP contribution in [0.3, 0.4) is 0 Å². The SMILES string of the molecule is Cn1c(=NC(=O)c2ccccc2I)sc2cccc(F)c21. The van der Waals surface area contributed by atoms with E-state index in [0.29, 0.717) is 15.9 Å². The highest BCUT2D eigenvalue weighted by Crippen LogP contribution is 2.19. The van der Waals surface area contributed by atoms with Gasteiger partial charge in [0.05, 0.1) is 15.8 Å². The quantitative estimate of drug-likeness (QED) is 0.561. The molecule has 1 aromatic heterocycles. The van der Waals surface area contributed by atoms with Crippen LogP contribution in [-0.4, -0.2) is 10.5 Å². The first kappa shape index (κ1) is 14.4. The van der Waals surface area contributed by atoms with Gasteiger partial charge in [-0.3, -0.25) is 4.79 Å². The van der Waals surface area contributed by atoms with Crippen LogP contribution in [0.5, 0.6) is 0 Å². The first-order valence-corrected chi connectivity index (χ1v) is 8.05. The zero-order valence-electron chi connectivity index (χ0n) is 11.0. The predicted octanol–water partition coefficient (Wildman–Crippen LogP) is 3.72. The molecule has 0 saturated carbocycles. The molecule has 0 radical (unpaired) electrons. The van der Waals surface area contributed by atoms with E-state index in [-0.39, 0.29) is 11.7 Å². The Morgan fingerprint density at radius 1 is 1.24 bits per heavy atom. The molecule has 2 aromatic carbocycles. The van der Waals surface area contributed by atoms with Crippen LogP contribution in [0.2, 0.25) is 0 Å². The highest BCUT2D eigenvalue weighted by atomic mass is 127. The highest BCUT2D eigenvalue weighted by Gasteiger charge is 2.11. The van der Waals surface area contributed by atoms with Crippen molar-refractivity contribution in [2.45, 2.75) is 0 Å². The number of carbonyl (C=O) groups is 1. The molecule has 3 aromatic rings. The average Bonchev–Trinajstić information content (AvgIpc) is 2.77. The summed E-state index contributed by atoms with van der Waals surface area (Å²) >= 11 is 3.40. The molecule has 0 spiro atoms. The van der Waals surface area contributed by atoms with Crippen molar-refractivity contribution in [1.82, 2.24) is 4.57 Å². The summed E-state index contributed by atoms with van der Waals surface area (Å²) in [5, 5.41) is 0. The molecule has 0 aliphatic heterocycles. The largest absolute Gasteiger partial charge is 0.317 e. The molecule has 0 atom stereocenters. The Morgan fingerprint density at radius 2 is 2.00 bits per heavy atom. The van der Waals surface area contributed by atoms with Gasteiger partial charge in [-0.25, -0.2) is 4.39 Å². The highest BCUT2D eigenvalue weighted by molar-refractivity contribution is 14.1. The summed E-state index contributed by atoms with van der Waals surface area (Å²) in [6.07, 6.45) is 0. The summed E-state index contributed by atoms with van der Waals surface area (Å²) in [5.74, 6) is -0.628. The molecule has 0 aliphatic rings. The van der Waals surface area contributed by atoms with Crippen molar-refractivity contribution >= 4 is 50.1 Å². The van der Waals surface area contributed by atoms with Crippen molar-refractivity contribution < 1.29 is 9.18 Å². The zero-order valence-corrected chi connectivity index (χ0v) is 14.0. The first-order valence-electron chi connectivity index (χ1n) is 6.15. The molecular formula is C15H10FIN2OS. The second kappa shape index (κ2) is 5.69. The van der Waals surface area contributed by atoms with Crippen LogP contribution in [0.25, 0.3) is 10.2 Å². The van der Waals surface area contributed by atoms with E-state index >= 15 is 0 Å². The van der Waals surface area contributed by atoms with Gasteiger partial charge in [0.1, 0.15) is 5.82 Å². The Morgan fingerprint density at radius 3 is 2.71 bits per heavy atom. The summed E-state index contributed by atoms with van der Waals surface area (Å²) in [6, 6.07) is 12.1. The Balaban J connectivity index is 2.17. The fourth-order valence-corrected chi connectivity index (χ4v) is 3.69. The van der Waals surface area contributed by atoms with Crippen LogP contribution in [-0.2, 0) is 7.05 Å². The number of aromatic nitrogens is 1. The van der Waals surface area contributed by atoms with E-state index in [1.54, 1.807) is 29.8 Å². The minimum absolute atomic E-state index is 0.311. The Bertz CT molecular complexity index is 913. The summed E-state index contributed by atoms with van der Waals surface area (Å²) in [4.78, 5) is 16.9. The van der Waals surface area contributed by atoms with Crippen LogP contribution in [0, 0.1) is 9.39 Å². The van der Waals surface area contributed by atoms with Gasteiger partial charge in [0.15, 0.2) is 4.80 Å². The van der Waals surface area contributed by atoms with Crippen molar-refractivity contribution in [3.63, 3.8) is 0 Å². The normalized spacial score (nSPS) is 12.0. The fraction of sp³-hybridized carbons (Fsp3) is 0.0667. The van der Waals surface area contributed by atoms with E-state index in [9.17, 15) is 9.18 Å². The predicted molar refractivity (Wildman–Crippen MR) is 89.8 cm³/mol. The number of thiazole rings is 1. The third kappa shape index (κ3) is 2.65. The number of hydrogen-bond donors (Lipinski definition) is 0. The minimum atomic E-state index is -0.317. The average molecular weight is 412 g/mol. The lowest BCUT2D eigenvalue weighted by Gasteiger charge is -1.99. The van der Waals surface area contributed by atoms with Crippen molar-refractivity contribution in [3.8, 4) is 0 Å². The zero-order chi connectivity index (χ0) is 15.0. The maximum absolute atomic E-state index is 13.8. The summed E-state index contributed by atoms with van der Waals surface area (Å²) in [7, 11) is 1.71. The number of hydrogen-bond acceptors (Lipinski definition) is 2. The third-order valence-electron chi connectivity index (χ3n) is 3.07. The number of rotatable bonds is 1. The molecule has 3 rings (SSSR count). The molecule has 1 amide bonds. The molecule has 106 valence electrons. The Kier molecular flexibility index (Phi) is 3.90. The van der Waals surface area contributed by atoms with E-state index in [1.165, 1.54) is 17.4 Å². The van der Waals surface area contributed by atoms with Gasteiger partial charge in [0.25, 0.3) is 5.91 Å². The van der Waals surface area contributed by atoms with E-state index < -0.39 is 0 Å². The number of carbonyl (C=O) groups excluding carboxylic acids is 1. The number of para-hydroxylation sites is 1. The van der Waals surface area contributed by atoms with E-state index in [2.05, 4.69) is 27.6 Å².